The number of rotatable bonds is 2. The predicted octanol–water partition coefficient (Wildman–Crippen LogP) is 0.178. The summed E-state index contributed by atoms with van der Waals surface area (Å²) in [5.74, 6) is 0.390. The first-order valence-electron chi connectivity index (χ1n) is 5.08. The summed E-state index contributed by atoms with van der Waals surface area (Å²) in [7, 11) is 0. The monoisotopic (exact) mass is 206 g/mol. The van der Waals surface area contributed by atoms with E-state index in [0.717, 1.165) is 19.4 Å². The van der Waals surface area contributed by atoms with Crippen LogP contribution in [0.2, 0.25) is 0 Å². The quantitative estimate of drug-likeness (QED) is 0.749. The summed E-state index contributed by atoms with van der Waals surface area (Å²) in [6, 6.07) is 1.78. The summed E-state index contributed by atoms with van der Waals surface area (Å²) < 4.78 is 0. The average Bonchev–Trinajstić information content (AvgIpc) is 2.30. The third-order valence-corrected chi connectivity index (χ3v) is 2.66. The lowest BCUT2D eigenvalue weighted by Crippen LogP contribution is -2.41. The summed E-state index contributed by atoms with van der Waals surface area (Å²) in [5.41, 5.74) is 5.30. The molecule has 0 unspecified atom stereocenters. The zero-order chi connectivity index (χ0) is 10.7. The molecule has 5 nitrogen and oxygen atoms in total. The van der Waals surface area contributed by atoms with Crippen molar-refractivity contribution in [1.29, 1.82) is 0 Å². The molecule has 1 fully saturated rings. The van der Waals surface area contributed by atoms with Gasteiger partial charge in [0.1, 0.15) is 0 Å². The first-order chi connectivity index (χ1) is 7.27. The van der Waals surface area contributed by atoms with Gasteiger partial charge in [-0.2, -0.15) is 0 Å². The summed E-state index contributed by atoms with van der Waals surface area (Å²) in [6.07, 6.45) is 5.25. The Morgan fingerprint density at radius 3 is 2.87 bits per heavy atom. The Morgan fingerprint density at radius 2 is 2.20 bits per heavy atom. The number of piperidine rings is 1. The fraction of sp³-hybridized carbons (Fsp3) is 0.500. The van der Waals surface area contributed by atoms with E-state index in [0.29, 0.717) is 12.5 Å². The molecule has 1 aliphatic heterocycles. The molecule has 0 spiro atoms. The molecule has 1 aromatic rings. The molecule has 15 heavy (non-hydrogen) atoms. The van der Waals surface area contributed by atoms with Gasteiger partial charge in [0.2, 0.25) is 11.9 Å². The molecule has 0 saturated carbocycles. The number of anilines is 1. The van der Waals surface area contributed by atoms with Crippen LogP contribution >= 0.6 is 0 Å². The predicted molar refractivity (Wildman–Crippen MR) is 56.2 cm³/mol. The van der Waals surface area contributed by atoms with Crippen molar-refractivity contribution in [2.24, 2.45) is 11.7 Å². The van der Waals surface area contributed by atoms with Crippen LogP contribution in [0, 0.1) is 5.92 Å². The molecule has 80 valence electrons. The zero-order valence-corrected chi connectivity index (χ0v) is 8.47. The van der Waals surface area contributed by atoms with Crippen LogP contribution in [0.15, 0.2) is 18.5 Å². The highest BCUT2D eigenvalue weighted by Crippen LogP contribution is 2.19. The van der Waals surface area contributed by atoms with Crippen LogP contribution in [0.25, 0.3) is 0 Å². The normalized spacial score (nSPS) is 21.3. The fourth-order valence-corrected chi connectivity index (χ4v) is 1.85. The van der Waals surface area contributed by atoms with Gasteiger partial charge in [0.15, 0.2) is 0 Å². The Kier molecular flexibility index (Phi) is 2.80. The highest BCUT2D eigenvalue weighted by atomic mass is 16.1. The number of nitrogens with zero attached hydrogens (tertiary/aromatic N) is 3. The Morgan fingerprint density at radius 1 is 1.47 bits per heavy atom. The van der Waals surface area contributed by atoms with Gasteiger partial charge in [0.25, 0.3) is 0 Å². The van der Waals surface area contributed by atoms with E-state index in [1.54, 1.807) is 18.5 Å². The molecule has 2 N–H and O–H groups in total. The number of primary amides is 1. The molecule has 0 radical (unpaired) electrons. The van der Waals surface area contributed by atoms with Gasteiger partial charge in [-0.3, -0.25) is 4.79 Å². The lowest BCUT2D eigenvalue weighted by molar-refractivity contribution is -0.122. The van der Waals surface area contributed by atoms with E-state index >= 15 is 0 Å². The van der Waals surface area contributed by atoms with E-state index in [4.69, 9.17) is 5.73 Å². The highest BCUT2D eigenvalue weighted by molar-refractivity contribution is 5.77. The molecule has 1 aromatic heterocycles. The molecule has 0 bridgehead atoms. The molecular weight excluding hydrogens is 192 g/mol. The maximum atomic E-state index is 11.1. The van der Waals surface area contributed by atoms with E-state index in [1.165, 1.54) is 0 Å². The van der Waals surface area contributed by atoms with Gasteiger partial charge in [-0.25, -0.2) is 9.97 Å². The van der Waals surface area contributed by atoms with Gasteiger partial charge in [-0.1, -0.05) is 0 Å². The standard InChI is InChI=1S/C10H14N4O/c11-9(15)8-3-1-6-14(7-8)10-12-4-2-5-13-10/h2,4-5,8H,1,3,6-7H2,(H2,11,15)/t8-/m1/s1. The van der Waals surface area contributed by atoms with Gasteiger partial charge in [0, 0.05) is 25.5 Å². The molecule has 2 heterocycles. The first kappa shape index (κ1) is 9.89. The smallest absolute Gasteiger partial charge is 0.225 e. The zero-order valence-electron chi connectivity index (χ0n) is 8.47. The van der Waals surface area contributed by atoms with Gasteiger partial charge in [-0.05, 0) is 18.9 Å². The second-order valence-corrected chi connectivity index (χ2v) is 3.74. The molecule has 1 aliphatic rings. The van der Waals surface area contributed by atoms with E-state index < -0.39 is 0 Å². The lowest BCUT2D eigenvalue weighted by atomic mass is 9.98. The van der Waals surface area contributed by atoms with Crippen molar-refractivity contribution >= 4 is 11.9 Å². The number of nitrogens with two attached hydrogens (primary N) is 1. The number of hydrogen-bond acceptors (Lipinski definition) is 4. The van der Waals surface area contributed by atoms with Crippen molar-refractivity contribution in [3.8, 4) is 0 Å². The Balaban J connectivity index is 2.08. The maximum absolute atomic E-state index is 11.1. The average molecular weight is 206 g/mol. The summed E-state index contributed by atoms with van der Waals surface area (Å²) in [6.45, 7) is 1.53. The van der Waals surface area contributed by atoms with Gasteiger partial charge >= 0.3 is 0 Å². The Hall–Kier alpha value is -1.65. The van der Waals surface area contributed by atoms with Crippen molar-refractivity contribution < 1.29 is 4.79 Å². The Labute approximate surface area is 88.3 Å². The molecular formula is C10H14N4O. The van der Waals surface area contributed by atoms with Crippen LogP contribution in [0.3, 0.4) is 0 Å². The van der Waals surface area contributed by atoms with Crippen molar-refractivity contribution in [2.75, 3.05) is 18.0 Å². The number of carbonyl (C=O) groups is 1. The fourth-order valence-electron chi connectivity index (χ4n) is 1.85. The van der Waals surface area contributed by atoms with E-state index in [9.17, 15) is 4.79 Å². The third-order valence-electron chi connectivity index (χ3n) is 2.66. The number of carbonyl (C=O) groups excluding carboxylic acids is 1. The van der Waals surface area contributed by atoms with Crippen LogP contribution in [0.4, 0.5) is 5.95 Å². The number of hydrogen-bond donors (Lipinski definition) is 1. The van der Waals surface area contributed by atoms with Gasteiger partial charge in [0.05, 0.1) is 5.92 Å². The van der Waals surface area contributed by atoms with Gasteiger partial charge < -0.3 is 10.6 Å². The van der Waals surface area contributed by atoms with E-state index in [1.807, 2.05) is 4.90 Å². The second kappa shape index (κ2) is 4.25. The van der Waals surface area contributed by atoms with Crippen LogP contribution < -0.4 is 10.6 Å². The summed E-state index contributed by atoms with van der Waals surface area (Å²) >= 11 is 0. The summed E-state index contributed by atoms with van der Waals surface area (Å²) in [5, 5.41) is 0. The molecule has 1 amide bonds. The molecule has 0 aromatic carbocycles. The SMILES string of the molecule is NC(=O)[C@@H]1CCCN(c2ncccn2)C1. The molecule has 0 aliphatic carbocycles. The summed E-state index contributed by atoms with van der Waals surface area (Å²) in [4.78, 5) is 21.4. The van der Waals surface area contributed by atoms with Gasteiger partial charge in [-0.15, -0.1) is 0 Å². The largest absolute Gasteiger partial charge is 0.369 e. The minimum absolute atomic E-state index is 0.0671. The van der Waals surface area contributed by atoms with E-state index in [-0.39, 0.29) is 11.8 Å². The molecule has 1 atom stereocenters. The van der Waals surface area contributed by atoms with E-state index in [2.05, 4.69) is 9.97 Å². The van der Waals surface area contributed by atoms with Crippen LogP contribution in [0.1, 0.15) is 12.8 Å². The minimum Gasteiger partial charge on any atom is -0.369 e. The Bertz CT molecular complexity index is 341. The molecule has 5 heteroatoms. The number of amides is 1. The maximum Gasteiger partial charge on any atom is 0.225 e. The minimum atomic E-state index is -0.226. The third kappa shape index (κ3) is 2.23. The van der Waals surface area contributed by atoms with Crippen LogP contribution in [-0.4, -0.2) is 29.0 Å². The highest BCUT2D eigenvalue weighted by Gasteiger charge is 2.24. The molecule has 2 rings (SSSR count). The second-order valence-electron chi connectivity index (χ2n) is 3.74. The lowest BCUT2D eigenvalue weighted by Gasteiger charge is -2.30. The molecule has 1 saturated heterocycles. The van der Waals surface area contributed by atoms with Crippen LogP contribution in [-0.2, 0) is 4.79 Å². The van der Waals surface area contributed by atoms with Crippen LogP contribution in [0.5, 0.6) is 0 Å². The number of aromatic nitrogens is 2. The first-order valence-corrected chi connectivity index (χ1v) is 5.08. The van der Waals surface area contributed by atoms with Crippen molar-refractivity contribution in [3.05, 3.63) is 18.5 Å². The van der Waals surface area contributed by atoms with Crippen molar-refractivity contribution in [2.45, 2.75) is 12.8 Å². The van der Waals surface area contributed by atoms with Crippen molar-refractivity contribution in [1.82, 2.24) is 9.97 Å². The van der Waals surface area contributed by atoms with Crippen molar-refractivity contribution in [3.63, 3.8) is 0 Å². The topological polar surface area (TPSA) is 72.1 Å².